The van der Waals surface area contributed by atoms with Crippen LogP contribution in [0, 0.1) is 0 Å². The maximum absolute atomic E-state index is 5.70. The average Bonchev–Trinajstić information content (AvgIpc) is 2.59. The molecule has 0 spiro atoms. The molecule has 1 atom stereocenters. The van der Waals surface area contributed by atoms with Gasteiger partial charge < -0.3 is 19.5 Å². The van der Waals surface area contributed by atoms with E-state index in [9.17, 15) is 0 Å². The molecule has 2 aromatic carbocycles. The van der Waals surface area contributed by atoms with E-state index in [-0.39, 0.29) is 0 Å². The van der Waals surface area contributed by atoms with Crippen LogP contribution in [0.3, 0.4) is 0 Å². The van der Waals surface area contributed by atoms with Crippen molar-refractivity contribution >= 4 is 0 Å². The van der Waals surface area contributed by atoms with Gasteiger partial charge in [-0.1, -0.05) is 18.2 Å². The normalized spacial score (nSPS) is 16.5. The number of para-hydroxylation sites is 1. The quantitative estimate of drug-likeness (QED) is 0.919. The van der Waals surface area contributed by atoms with Crippen molar-refractivity contribution in [2.24, 2.45) is 0 Å². The van der Waals surface area contributed by atoms with E-state index in [1.165, 1.54) is 5.56 Å². The molecule has 22 heavy (non-hydrogen) atoms. The van der Waals surface area contributed by atoms with Crippen LogP contribution >= 0.6 is 0 Å². The van der Waals surface area contributed by atoms with Gasteiger partial charge in [-0.15, -0.1) is 0 Å². The maximum atomic E-state index is 5.70. The van der Waals surface area contributed by atoms with Gasteiger partial charge in [0.1, 0.15) is 17.2 Å². The fourth-order valence-electron chi connectivity index (χ4n) is 2.76. The molecule has 0 saturated heterocycles. The summed E-state index contributed by atoms with van der Waals surface area (Å²) in [7, 11) is 3.33. The monoisotopic (exact) mass is 299 g/mol. The first-order valence-corrected chi connectivity index (χ1v) is 7.47. The van der Waals surface area contributed by atoms with Crippen molar-refractivity contribution in [3.05, 3.63) is 53.6 Å². The SMILES string of the molecule is COc1cc(CN[C@@H]2CCOc3ccccc32)cc(OC)c1. The van der Waals surface area contributed by atoms with Crippen LogP contribution in [0.5, 0.6) is 17.2 Å². The summed E-state index contributed by atoms with van der Waals surface area (Å²) in [6.45, 7) is 1.50. The zero-order chi connectivity index (χ0) is 15.4. The Morgan fingerprint density at radius 2 is 1.82 bits per heavy atom. The van der Waals surface area contributed by atoms with E-state index in [0.717, 1.165) is 42.4 Å². The van der Waals surface area contributed by atoms with Crippen LogP contribution in [-0.4, -0.2) is 20.8 Å². The first-order valence-electron chi connectivity index (χ1n) is 7.47. The predicted octanol–water partition coefficient (Wildman–Crippen LogP) is 3.32. The third kappa shape index (κ3) is 3.17. The second kappa shape index (κ2) is 6.71. The molecule has 2 aromatic rings. The van der Waals surface area contributed by atoms with Crippen molar-refractivity contribution in [1.29, 1.82) is 0 Å². The van der Waals surface area contributed by atoms with E-state index in [1.54, 1.807) is 14.2 Å². The van der Waals surface area contributed by atoms with Crippen LogP contribution in [0.15, 0.2) is 42.5 Å². The molecule has 0 fully saturated rings. The van der Waals surface area contributed by atoms with Crippen molar-refractivity contribution in [1.82, 2.24) is 5.32 Å². The molecule has 1 N–H and O–H groups in total. The lowest BCUT2D eigenvalue weighted by Gasteiger charge is -2.26. The number of methoxy groups -OCH3 is 2. The van der Waals surface area contributed by atoms with Gasteiger partial charge in [0.15, 0.2) is 0 Å². The molecule has 4 heteroatoms. The minimum absolute atomic E-state index is 0.308. The number of fused-ring (bicyclic) bond motifs is 1. The van der Waals surface area contributed by atoms with Gasteiger partial charge in [-0.3, -0.25) is 0 Å². The Bertz CT molecular complexity index is 620. The molecule has 1 heterocycles. The summed E-state index contributed by atoms with van der Waals surface area (Å²) >= 11 is 0. The van der Waals surface area contributed by atoms with Crippen molar-refractivity contribution in [2.75, 3.05) is 20.8 Å². The van der Waals surface area contributed by atoms with Gasteiger partial charge in [-0.05, 0) is 23.8 Å². The molecular weight excluding hydrogens is 278 g/mol. The molecule has 0 saturated carbocycles. The summed E-state index contributed by atoms with van der Waals surface area (Å²) in [6, 6.07) is 14.5. The Kier molecular flexibility index (Phi) is 4.49. The van der Waals surface area contributed by atoms with Gasteiger partial charge in [0.2, 0.25) is 0 Å². The van der Waals surface area contributed by atoms with Crippen molar-refractivity contribution in [3.63, 3.8) is 0 Å². The molecular formula is C18H21NO3. The summed E-state index contributed by atoms with van der Waals surface area (Å²) in [5.74, 6) is 2.60. The van der Waals surface area contributed by atoms with E-state index in [2.05, 4.69) is 17.4 Å². The summed E-state index contributed by atoms with van der Waals surface area (Å²) in [5.41, 5.74) is 2.36. The predicted molar refractivity (Wildman–Crippen MR) is 85.7 cm³/mol. The molecule has 0 aromatic heterocycles. The largest absolute Gasteiger partial charge is 0.497 e. The van der Waals surface area contributed by atoms with Crippen LogP contribution in [0.1, 0.15) is 23.6 Å². The zero-order valence-electron chi connectivity index (χ0n) is 13.0. The van der Waals surface area contributed by atoms with Crippen molar-refractivity contribution in [2.45, 2.75) is 19.0 Å². The highest BCUT2D eigenvalue weighted by Gasteiger charge is 2.20. The smallest absolute Gasteiger partial charge is 0.124 e. The van der Waals surface area contributed by atoms with Crippen LogP contribution in [-0.2, 0) is 6.54 Å². The summed E-state index contributed by atoms with van der Waals surface area (Å²) < 4.78 is 16.3. The molecule has 0 aliphatic carbocycles. The first kappa shape index (κ1) is 14.7. The third-order valence-corrected chi connectivity index (χ3v) is 3.92. The minimum atomic E-state index is 0.308. The lowest BCUT2D eigenvalue weighted by Crippen LogP contribution is -2.26. The molecule has 116 valence electrons. The standard InChI is InChI=1S/C18H21NO3/c1-20-14-9-13(10-15(11-14)21-2)12-19-17-7-8-22-18-6-4-3-5-16(17)18/h3-6,9-11,17,19H,7-8,12H2,1-2H3/t17-/m1/s1. The second-order valence-electron chi connectivity index (χ2n) is 5.33. The Balaban J connectivity index is 1.73. The molecule has 0 bridgehead atoms. The molecule has 0 radical (unpaired) electrons. The van der Waals surface area contributed by atoms with Crippen molar-refractivity contribution < 1.29 is 14.2 Å². The molecule has 1 aliphatic rings. The Morgan fingerprint density at radius 3 is 2.55 bits per heavy atom. The van der Waals surface area contributed by atoms with Gasteiger partial charge in [-0.2, -0.15) is 0 Å². The van der Waals surface area contributed by atoms with E-state index in [1.807, 2.05) is 30.3 Å². The third-order valence-electron chi connectivity index (χ3n) is 3.92. The highest BCUT2D eigenvalue weighted by molar-refractivity contribution is 5.39. The molecule has 0 amide bonds. The summed E-state index contributed by atoms with van der Waals surface area (Å²) in [5, 5.41) is 3.61. The van der Waals surface area contributed by atoms with Crippen LogP contribution in [0.2, 0.25) is 0 Å². The van der Waals surface area contributed by atoms with E-state index in [4.69, 9.17) is 14.2 Å². The van der Waals surface area contributed by atoms with E-state index < -0.39 is 0 Å². The van der Waals surface area contributed by atoms with Gasteiger partial charge in [0.25, 0.3) is 0 Å². The van der Waals surface area contributed by atoms with E-state index >= 15 is 0 Å². The maximum Gasteiger partial charge on any atom is 0.124 e. The molecule has 0 unspecified atom stereocenters. The molecule has 1 aliphatic heterocycles. The lowest BCUT2D eigenvalue weighted by atomic mass is 10.0. The fraction of sp³-hybridized carbons (Fsp3) is 0.333. The van der Waals surface area contributed by atoms with Crippen molar-refractivity contribution in [3.8, 4) is 17.2 Å². The summed E-state index contributed by atoms with van der Waals surface area (Å²) in [6.07, 6.45) is 0.970. The number of hydrogen-bond donors (Lipinski definition) is 1. The number of ether oxygens (including phenoxy) is 3. The number of hydrogen-bond acceptors (Lipinski definition) is 4. The summed E-state index contributed by atoms with van der Waals surface area (Å²) in [4.78, 5) is 0. The van der Waals surface area contributed by atoms with Gasteiger partial charge in [0, 0.05) is 30.6 Å². The number of benzene rings is 2. The molecule has 4 nitrogen and oxygen atoms in total. The average molecular weight is 299 g/mol. The zero-order valence-corrected chi connectivity index (χ0v) is 13.0. The van der Waals surface area contributed by atoms with E-state index in [0.29, 0.717) is 6.04 Å². The van der Waals surface area contributed by atoms with Crippen LogP contribution in [0.4, 0.5) is 0 Å². The minimum Gasteiger partial charge on any atom is -0.497 e. The van der Waals surface area contributed by atoms with Gasteiger partial charge in [0.05, 0.1) is 20.8 Å². The Morgan fingerprint density at radius 1 is 1.09 bits per heavy atom. The molecule has 3 rings (SSSR count). The van der Waals surface area contributed by atoms with Gasteiger partial charge in [-0.25, -0.2) is 0 Å². The fourth-order valence-corrected chi connectivity index (χ4v) is 2.76. The number of rotatable bonds is 5. The highest BCUT2D eigenvalue weighted by Crippen LogP contribution is 2.32. The number of nitrogens with one attached hydrogen (secondary N) is 1. The lowest BCUT2D eigenvalue weighted by molar-refractivity contribution is 0.252. The topological polar surface area (TPSA) is 39.7 Å². The highest BCUT2D eigenvalue weighted by atomic mass is 16.5. The van der Waals surface area contributed by atoms with Crippen LogP contribution < -0.4 is 19.5 Å². The Labute approximate surface area is 131 Å². The second-order valence-corrected chi connectivity index (χ2v) is 5.33. The van der Waals surface area contributed by atoms with Gasteiger partial charge >= 0.3 is 0 Å². The van der Waals surface area contributed by atoms with Crippen LogP contribution in [0.25, 0.3) is 0 Å². The Hall–Kier alpha value is -2.20. The first-order chi connectivity index (χ1) is 10.8.